The van der Waals surface area contributed by atoms with Crippen LogP contribution in [0.15, 0.2) is 121 Å². The summed E-state index contributed by atoms with van der Waals surface area (Å²) < 4.78 is 54.1. The van der Waals surface area contributed by atoms with Gasteiger partial charge in [-0.15, -0.1) is 22.7 Å². The van der Waals surface area contributed by atoms with Crippen LogP contribution < -0.4 is 10.6 Å². The molecule has 0 spiro atoms. The van der Waals surface area contributed by atoms with E-state index >= 15 is 0 Å². The van der Waals surface area contributed by atoms with Crippen LogP contribution in [-0.2, 0) is 27.2 Å². The minimum absolute atomic E-state index is 0.214. The van der Waals surface area contributed by atoms with E-state index in [0.717, 1.165) is 73.7 Å². The zero-order chi connectivity index (χ0) is 37.5. The highest BCUT2D eigenvalue weighted by Crippen LogP contribution is 2.57. The highest BCUT2D eigenvalue weighted by molar-refractivity contribution is 7.64. The summed E-state index contributed by atoms with van der Waals surface area (Å²) in [6.07, 6.45) is 0. The van der Waals surface area contributed by atoms with Crippen LogP contribution in [0.1, 0.15) is 27.7 Å². The van der Waals surface area contributed by atoms with E-state index in [4.69, 9.17) is 18.1 Å². The first-order chi connectivity index (χ1) is 26.3. The van der Waals surface area contributed by atoms with Crippen molar-refractivity contribution < 1.29 is 27.2 Å². The largest absolute Gasteiger partial charge is 0.362 e. The molecule has 6 nitrogen and oxygen atoms in total. The molecular formula is C44H40O6P2S2. The molecule has 0 saturated carbocycles. The second-order valence-electron chi connectivity index (χ2n) is 12.7. The first-order valence-corrected chi connectivity index (χ1v) is 22.9. The molecular weight excluding hydrogens is 751 g/mol. The normalized spacial score (nSPS) is 12.4. The molecule has 0 atom stereocenters. The fraction of sp³-hybridized carbons (Fsp3) is 0.182. The molecule has 10 heteroatoms. The number of benzene rings is 6. The molecule has 0 N–H and O–H groups in total. The second kappa shape index (κ2) is 15.3. The van der Waals surface area contributed by atoms with Gasteiger partial charge in [-0.1, -0.05) is 97.1 Å². The molecule has 0 aliphatic heterocycles. The molecule has 8 aromatic rings. The highest BCUT2D eigenvalue weighted by Gasteiger charge is 2.37. The molecule has 274 valence electrons. The number of rotatable bonds is 13. The first-order valence-electron chi connectivity index (χ1n) is 18.2. The average molecular weight is 791 g/mol. The predicted molar refractivity (Wildman–Crippen MR) is 230 cm³/mol. The Bertz CT molecular complexity index is 2450. The van der Waals surface area contributed by atoms with Crippen LogP contribution in [0.3, 0.4) is 0 Å². The first kappa shape index (κ1) is 37.0. The summed E-state index contributed by atoms with van der Waals surface area (Å²) in [5, 5.41) is 9.49. The molecule has 6 aromatic carbocycles. The Labute approximate surface area is 323 Å². The second-order valence-corrected chi connectivity index (χ2v) is 18.8. The van der Waals surface area contributed by atoms with Gasteiger partial charge in [-0.2, -0.15) is 0 Å². The third kappa shape index (κ3) is 6.49. The maximum absolute atomic E-state index is 14.9. The van der Waals surface area contributed by atoms with Crippen LogP contribution in [0.2, 0.25) is 0 Å². The standard InChI is InChI=1S/C44H40O6P2S2/c1-5-47-51(45,48-6-2)37-27-39(53-43(37)41-33-21-13-9-17-29(33)25-30-18-10-14-22-34(30)41)40-28-38(52(46,49-7-3)50-8-4)44(54-40)42-35-23-15-11-19-31(35)26-32-20-12-16-24-36(32)42/h9-28H,5-8H2,1-4H3. The van der Waals surface area contributed by atoms with Gasteiger partial charge in [0.15, 0.2) is 0 Å². The summed E-state index contributed by atoms with van der Waals surface area (Å²) in [6, 6.07) is 41.4. The lowest BCUT2D eigenvalue weighted by atomic mass is 9.96. The van der Waals surface area contributed by atoms with E-state index in [9.17, 15) is 9.13 Å². The molecule has 0 bridgehead atoms. The van der Waals surface area contributed by atoms with Gasteiger partial charge in [0.2, 0.25) is 0 Å². The van der Waals surface area contributed by atoms with E-state index in [0.29, 0.717) is 10.6 Å². The Morgan fingerprint density at radius 1 is 0.426 bits per heavy atom. The van der Waals surface area contributed by atoms with Gasteiger partial charge in [-0.3, -0.25) is 9.13 Å². The lowest BCUT2D eigenvalue weighted by Gasteiger charge is -2.19. The molecule has 0 unspecified atom stereocenters. The molecule has 0 fully saturated rings. The molecule has 8 rings (SSSR count). The quantitative estimate of drug-likeness (QED) is 0.0856. The molecule has 2 aromatic heterocycles. The zero-order valence-corrected chi connectivity index (χ0v) is 34.0. The monoisotopic (exact) mass is 790 g/mol. The van der Waals surface area contributed by atoms with Crippen molar-refractivity contribution in [2.75, 3.05) is 26.4 Å². The molecule has 2 heterocycles. The van der Waals surface area contributed by atoms with E-state index in [-0.39, 0.29) is 26.4 Å². The van der Waals surface area contributed by atoms with E-state index < -0.39 is 15.2 Å². The Morgan fingerprint density at radius 2 is 0.704 bits per heavy atom. The van der Waals surface area contributed by atoms with Crippen LogP contribution in [-0.4, -0.2) is 26.4 Å². The summed E-state index contributed by atoms with van der Waals surface area (Å²) in [6.45, 7) is 8.18. The summed E-state index contributed by atoms with van der Waals surface area (Å²) in [4.78, 5) is 3.32. The third-order valence-electron chi connectivity index (χ3n) is 9.45. The Kier molecular flexibility index (Phi) is 10.5. The minimum atomic E-state index is -3.80. The summed E-state index contributed by atoms with van der Waals surface area (Å²) in [5.74, 6) is 0. The van der Waals surface area contributed by atoms with Crippen molar-refractivity contribution >= 4 is 91.6 Å². The molecule has 54 heavy (non-hydrogen) atoms. The highest BCUT2D eigenvalue weighted by atomic mass is 32.1. The molecule has 0 aliphatic carbocycles. The topological polar surface area (TPSA) is 71.1 Å². The van der Waals surface area contributed by atoms with Gasteiger partial charge >= 0.3 is 15.2 Å². The van der Waals surface area contributed by atoms with Gasteiger partial charge in [0.25, 0.3) is 0 Å². The van der Waals surface area contributed by atoms with Crippen molar-refractivity contribution in [2.24, 2.45) is 0 Å². The lowest BCUT2D eigenvalue weighted by molar-refractivity contribution is 0.229. The lowest BCUT2D eigenvalue weighted by Crippen LogP contribution is -2.11. The summed E-state index contributed by atoms with van der Waals surface area (Å²) in [7, 11) is -7.60. The predicted octanol–water partition coefficient (Wildman–Crippen LogP) is 13.2. The maximum Gasteiger partial charge on any atom is 0.362 e. The van der Waals surface area contributed by atoms with Gasteiger partial charge in [0.1, 0.15) is 0 Å². The van der Waals surface area contributed by atoms with Crippen molar-refractivity contribution in [1.29, 1.82) is 0 Å². The molecule has 0 aliphatic rings. The fourth-order valence-electron chi connectivity index (χ4n) is 7.32. The minimum Gasteiger partial charge on any atom is -0.305 e. The number of fused-ring (bicyclic) bond motifs is 4. The van der Waals surface area contributed by atoms with E-state index in [1.165, 1.54) is 0 Å². The van der Waals surface area contributed by atoms with Gasteiger partial charge in [-0.25, -0.2) is 0 Å². The van der Waals surface area contributed by atoms with Gasteiger partial charge in [-0.05, 0) is 95.1 Å². The van der Waals surface area contributed by atoms with Crippen LogP contribution in [0.25, 0.3) is 73.7 Å². The van der Waals surface area contributed by atoms with Crippen LogP contribution in [0.5, 0.6) is 0 Å². The van der Waals surface area contributed by atoms with Crippen molar-refractivity contribution in [3.63, 3.8) is 0 Å². The van der Waals surface area contributed by atoms with E-state index in [2.05, 4.69) is 60.7 Å². The Balaban J connectivity index is 1.47. The summed E-state index contributed by atoms with van der Waals surface area (Å²) in [5.41, 5.74) is 1.95. The summed E-state index contributed by atoms with van der Waals surface area (Å²) >= 11 is 3.09. The van der Waals surface area contributed by atoms with Crippen LogP contribution >= 0.6 is 37.9 Å². The average Bonchev–Trinajstić information content (AvgIpc) is 3.83. The molecule has 0 saturated heterocycles. The van der Waals surface area contributed by atoms with E-state index in [1.807, 2.05) is 88.4 Å². The van der Waals surface area contributed by atoms with Gasteiger partial charge in [0.05, 0.1) is 46.8 Å². The van der Waals surface area contributed by atoms with Crippen molar-refractivity contribution in [3.8, 4) is 30.6 Å². The SMILES string of the molecule is CCOP(=O)(OCC)c1cc(-c2cc(P(=O)(OCC)OCC)c(-c3c4ccccc4cc4ccccc34)s2)sc1-c1c2ccccc2cc2ccccc12. The molecule has 0 radical (unpaired) electrons. The maximum atomic E-state index is 14.9. The van der Waals surface area contributed by atoms with Crippen LogP contribution in [0, 0.1) is 0 Å². The van der Waals surface area contributed by atoms with Gasteiger partial charge in [0, 0.05) is 20.9 Å². The van der Waals surface area contributed by atoms with Crippen molar-refractivity contribution in [3.05, 3.63) is 121 Å². The fourth-order valence-corrected chi connectivity index (χ4v) is 14.1. The molecule has 0 amide bonds. The van der Waals surface area contributed by atoms with Crippen molar-refractivity contribution in [2.45, 2.75) is 27.7 Å². The van der Waals surface area contributed by atoms with Crippen molar-refractivity contribution in [1.82, 2.24) is 0 Å². The number of hydrogen-bond donors (Lipinski definition) is 0. The third-order valence-corrected chi connectivity index (χ3v) is 16.5. The van der Waals surface area contributed by atoms with Gasteiger partial charge < -0.3 is 18.1 Å². The number of thiophene rings is 2. The van der Waals surface area contributed by atoms with E-state index in [1.54, 1.807) is 22.7 Å². The Morgan fingerprint density at radius 3 is 0.981 bits per heavy atom. The Hall–Kier alpha value is -3.94. The smallest absolute Gasteiger partial charge is 0.305 e. The number of hydrogen-bond acceptors (Lipinski definition) is 8. The van der Waals surface area contributed by atoms with Crippen LogP contribution in [0.4, 0.5) is 0 Å². The zero-order valence-electron chi connectivity index (χ0n) is 30.5.